The van der Waals surface area contributed by atoms with Crippen LogP contribution >= 0.6 is 61.3 Å². The zero-order chi connectivity index (χ0) is 101. The second-order valence-corrected chi connectivity index (χ2v) is 38.8. The number of aromatic nitrogens is 16. The largest absolute Gasteiger partial charge is 0.492 e. The number of pyridine rings is 4. The molecule has 736 valence electrons. The number of anilines is 5. The van der Waals surface area contributed by atoms with Crippen molar-refractivity contribution < 1.29 is 57.3 Å². The standard InChI is InChI=1S/C26H27N7O3S.C26H26N6O4S.C26H26N6O3S.C24H21BrN6O2S/c1-31(2)20-13-15(24(34)32(3)4)8-11-19(20)33-22-17(21(30-33)16-7-6-12-27-14-16)9-10-18-23(22)37-25(28-18)29-26(35)36-5;1-5-36-20-13-15(24(33)31(2)3)8-11-19(20)32-22-17(21(30-32)16-7-6-12-27-14-16)9-10-18-23(22)37-25(28-18)29-26(34)35-4;1-5-15-13-16(24(33)31(2)3)8-11-20(15)32-22-18(21(30-32)17-7-6-12-27-14-17)9-10-19-23(22)36-25(28-19)29-26(34)35-4;1-3-33-27-12-15-6-9-20(18(25)11-15)31-22-17(21(30-31)16-5-4-10-26-13-16)7-8-19-23(22)34-24(29-19)28-14(2)32/h6-8,11-14H,9-10H2,1-5H3,(H,28,29,35);6-8,11-14H,5,9-10H2,1-4H3,(H,28,29,34);6-8,11-14H,5,9-10H2,1-4H3,(H,28,29,34);4-6,9-13H,3,7-8H2,1-2H3,(H,28,29,32). The molecule has 4 N–H and O–H groups in total. The average molecular weight is 2080 g/mol. The Hall–Kier alpha value is -15.9. The molecule has 7 amide bonds. The SMILES string of the molecule is CCON=Cc1ccc(-n2nc(-c3cccnc3)c3c2-c2sc(NC(C)=O)nc2CC3)c(Br)c1.CCOc1cc(C(=O)N(C)C)ccc1-n1nc(-c2cccnc2)c2c1-c1sc(NC(=O)OC)nc1CC2.CCc1cc(C(=O)N(C)C)ccc1-n1nc(-c2cccnc2)c2c1-c1sc(NC(=O)OC)nc1CC2.COC(=O)Nc1nc2c(s1)-c1c(c(-c3cccnc3)nn1-c1ccc(C(=O)N(C)C)cc1N(C)C)CC2. The van der Waals surface area contributed by atoms with Gasteiger partial charge in [-0.05, 0) is 214 Å². The Labute approximate surface area is 852 Å². The Bertz CT molecular complexity index is 7590. The molecule has 4 aromatic carbocycles. The minimum Gasteiger partial charge on any atom is -0.492 e. The van der Waals surface area contributed by atoms with E-state index in [1.54, 1.807) is 101 Å². The van der Waals surface area contributed by atoms with Gasteiger partial charge < -0.3 is 48.7 Å². The number of rotatable bonds is 22. The van der Waals surface area contributed by atoms with E-state index in [0.717, 1.165) is 222 Å². The second kappa shape index (κ2) is 43.7. The van der Waals surface area contributed by atoms with E-state index >= 15 is 0 Å². The molecule has 20 rings (SSSR count). The molecule has 0 bridgehead atoms. The third kappa shape index (κ3) is 20.8. The normalized spacial score (nSPS) is 12.1. The van der Waals surface area contributed by atoms with Gasteiger partial charge in [-0.25, -0.2) is 53.0 Å². The quantitative estimate of drug-likeness (QED) is 0.0278. The van der Waals surface area contributed by atoms with Crippen LogP contribution in [0.15, 0.2) is 181 Å². The molecule has 12 aromatic heterocycles. The van der Waals surface area contributed by atoms with Crippen LogP contribution < -0.4 is 30.9 Å². The van der Waals surface area contributed by atoms with Gasteiger partial charge >= 0.3 is 18.3 Å². The molecule has 0 spiro atoms. The van der Waals surface area contributed by atoms with E-state index in [4.69, 9.17) is 44.2 Å². The van der Waals surface area contributed by atoms with E-state index in [2.05, 4.69) is 89.1 Å². The lowest BCUT2D eigenvalue weighted by atomic mass is 9.95. The van der Waals surface area contributed by atoms with Gasteiger partial charge in [0.1, 0.15) is 18.0 Å². The van der Waals surface area contributed by atoms with Crippen LogP contribution in [-0.2, 0) is 81.6 Å². The minimum absolute atomic E-state index is 0.0435. The number of carbonyl (C=O) groups excluding carboxylic acids is 7. The highest BCUT2D eigenvalue weighted by Gasteiger charge is 2.38. The lowest BCUT2D eigenvalue weighted by Gasteiger charge is -2.21. The molecule has 0 atom stereocenters. The maximum atomic E-state index is 12.7. The maximum absolute atomic E-state index is 12.7. The average Bonchev–Trinajstić information content (AvgIpc) is 1.60. The Morgan fingerprint density at radius 2 is 0.764 bits per heavy atom. The van der Waals surface area contributed by atoms with Crippen LogP contribution in [0.1, 0.15) is 115 Å². The summed E-state index contributed by atoms with van der Waals surface area (Å²) in [6, 6.07) is 38.3. The Kier molecular flexibility index (Phi) is 30.2. The van der Waals surface area contributed by atoms with E-state index in [-0.39, 0.29) is 23.6 Å². The minimum atomic E-state index is -0.573. The van der Waals surface area contributed by atoms with Gasteiger partial charge in [0, 0.05) is 179 Å². The topological polar surface area (TPSA) is 413 Å². The first-order valence-corrected chi connectivity index (χ1v) is 49.9. The number of ether oxygens (including phenoxy) is 4. The number of halogens is 1. The molecular weight excluding hydrogens is 1980 g/mol. The summed E-state index contributed by atoms with van der Waals surface area (Å²) in [7, 11) is 18.2. The highest BCUT2D eigenvalue weighted by atomic mass is 79.9. The number of amides is 7. The maximum Gasteiger partial charge on any atom is 0.413 e. The molecule has 4 aliphatic rings. The zero-order valence-corrected chi connectivity index (χ0v) is 86.2. The monoisotopic (exact) mass is 2070 g/mol. The van der Waals surface area contributed by atoms with Crippen molar-refractivity contribution in [1.29, 1.82) is 0 Å². The van der Waals surface area contributed by atoms with Crippen molar-refractivity contribution in [3.8, 4) is 116 Å². The number of benzene rings is 4. The van der Waals surface area contributed by atoms with Crippen LogP contribution in [0, 0.1) is 0 Å². The first-order chi connectivity index (χ1) is 69.6. The molecule has 42 heteroatoms. The number of aryl methyl sites for hydroxylation is 5. The molecular formula is C102H100BrN25O12S4. The number of fused-ring (bicyclic) bond motifs is 12. The number of hydrogen-bond donors (Lipinski definition) is 4. The number of nitrogens with zero attached hydrogens (tertiary/aromatic N) is 21. The van der Waals surface area contributed by atoms with Crippen molar-refractivity contribution in [2.75, 3.05) is 117 Å². The van der Waals surface area contributed by atoms with Gasteiger partial charge in [0.25, 0.3) is 17.7 Å². The van der Waals surface area contributed by atoms with E-state index in [9.17, 15) is 33.6 Å². The predicted molar refractivity (Wildman–Crippen MR) is 559 cm³/mol. The summed E-state index contributed by atoms with van der Waals surface area (Å²) in [6.07, 6.45) is 20.9. The predicted octanol–water partition coefficient (Wildman–Crippen LogP) is 18.4. The van der Waals surface area contributed by atoms with Crippen molar-refractivity contribution >= 4 is 136 Å². The fraction of sp³-hybridized carbons (Fsp3) is 0.255. The van der Waals surface area contributed by atoms with Gasteiger partial charge in [-0.3, -0.25) is 55.1 Å². The van der Waals surface area contributed by atoms with E-state index in [0.29, 0.717) is 68.3 Å². The van der Waals surface area contributed by atoms with Crippen molar-refractivity contribution in [3.05, 3.63) is 248 Å². The third-order valence-corrected chi connectivity index (χ3v) is 28.4. The molecule has 0 saturated carbocycles. The molecule has 37 nitrogen and oxygen atoms in total. The molecule has 144 heavy (non-hydrogen) atoms. The van der Waals surface area contributed by atoms with Gasteiger partial charge in [0.15, 0.2) is 20.5 Å². The number of hydrogen-bond acceptors (Lipinski definition) is 30. The Balaban J connectivity index is 0.000000132. The first-order valence-electron chi connectivity index (χ1n) is 45.9. The lowest BCUT2D eigenvalue weighted by Crippen LogP contribution is -2.22. The van der Waals surface area contributed by atoms with Gasteiger partial charge in [-0.1, -0.05) is 63.5 Å². The Morgan fingerprint density at radius 3 is 1.10 bits per heavy atom. The molecule has 0 unspecified atom stereocenters. The first kappa shape index (κ1) is 99.6. The van der Waals surface area contributed by atoms with Gasteiger partial charge in [-0.15, -0.1) is 0 Å². The lowest BCUT2D eigenvalue weighted by molar-refractivity contribution is -0.114. The van der Waals surface area contributed by atoms with E-state index in [1.807, 2.05) is 179 Å². The molecule has 0 saturated heterocycles. The third-order valence-electron chi connectivity index (χ3n) is 23.7. The summed E-state index contributed by atoms with van der Waals surface area (Å²) in [4.78, 5) is 136. The summed E-state index contributed by atoms with van der Waals surface area (Å²) >= 11 is 9.36. The molecule has 0 fully saturated rings. The number of nitrogens with one attached hydrogen (secondary N) is 4. The number of carbonyl (C=O) groups is 7. The van der Waals surface area contributed by atoms with Crippen LogP contribution in [0.4, 0.5) is 40.6 Å². The van der Waals surface area contributed by atoms with Crippen molar-refractivity contribution in [2.24, 2.45) is 5.16 Å². The second-order valence-electron chi connectivity index (χ2n) is 33.9. The van der Waals surface area contributed by atoms with Gasteiger partial charge in [0.05, 0.1) is 145 Å². The van der Waals surface area contributed by atoms with Gasteiger partial charge in [0.2, 0.25) is 5.91 Å². The molecule has 16 aromatic rings. The van der Waals surface area contributed by atoms with Crippen LogP contribution in [0.3, 0.4) is 0 Å². The molecule has 12 heterocycles. The van der Waals surface area contributed by atoms with Crippen molar-refractivity contribution in [3.63, 3.8) is 0 Å². The zero-order valence-electron chi connectivity index (χ0n) is 81.3. The number of oxime groups is 1. The van der Waals surface area contributed by atoms with Crippen LogP contribution in [-0.4, -0.2) is 233 Å². The highest BCUT2D eigenvalue weighted by Crippen LogP contribution is 2.51. The highest BCUT2D eigenvalue weighted by molar-refractivity contribution is 9.10. The van der Waals surface area contributed by atoms with Crippen molar-refractivity contribution in [2.45, 2.75) is 85.5 Å². The summed E-state index contributed by atoms with van der Waals surface area (Å²) < 4.78 is 28.8. The summed E-state index contributed by atoms with van der Waals surface area (Å²) in [5.74, 6) is 0.176. The van der Waals surface area contributed by atoms with E-state index < -0.39 is 18.3 Å². The van der Waals surface area contributed by atoms with Crippen LogP contribution in [0.5, 0.6) is 5.75 Å². The molecule has 4 aliphatic carbocycles. The molecule has 0 radical (unpaired) electrons. The van der Waals surface area contributed by atoms with Crippen molar-refractivity contribution in [1.82, 2.24) is 93.7 Å². The van der Waals surface area contributed by atoms with Crippen LogP contribution in [0.2, 0.25) is 0 Å². The number of thiazole rings is 4. The fourth-order valence-corrected chi connectivity index (χ4v) is 22.0. The number of methoxy groups -OCH3 is 3. The summed E-state index contributed by atoms with van der Waals surface area (Å²) in [5.41, 5.74) is 26.8. The molecule has 0 aliphatic heterocycles. The summed E-state index contributed by atoms with van der Waals surface area (Å²) in [6.45, 7) is 8.29. The van der Waals surface area contributed by atoms with E-state index in [1.165, 1.54) is 78.5 Å². The van der Waals surface area contributed by atoms with Crippen LogP contribution in [0.25, 0.3) is 110 Å². The smallest absolute Gasteiger partial charge is 0.413 e. The summed E-state index contributed by atoms with van der Waals surface area (Å²) in [5, 5.41) is 37.1. The Morgan fingerprint density at radius 1 is 0.417 bits per heavy atom. The fourth-order valence-electron chi connectivity index (χ4n) is 17.1. The van der Waals surface area contributed by atoms with Gasteiger partial charge in [-0.2, -0.15) is 20.4 Å².